The maximum atomic E-state index is 5.85. The fraction of sp³-hybridized carbons (Fsp3) is 0.400. The average molecular weight is 323 g/mol. The van der Waals surface area contributed by atoms with E-state index in [2.05, 4.69) is 50.9 Å². The molecule has 0 aliphatic heterocycles. The summed E-state index contributed by atoms with van der Waals surface area (Å²) in [6, 6.07) is 6.37. The summed E-state index contributed by atoms with van der Waals surface area (Å²) in [6.45, 7) is 11.1. The molecule has 0 aliphatic carbocycles. The summed E-state index contributed by atoms with van der Waals surface area (Å²) in [4.78, 5) is 13.0. The Morgan fingerprint density at radius 3 is 2.62 bits per heavy atom. The SMILES string of the molecule is CCOc1nc(C(C)C)ccc1-c1nc2c(C)c[nH]c2cc1CC. The molecule has 0 amide bonds. The van der Waals surface area contributed by atoms with Crippen molar-refractivity contribution >= 4 is 11.0 Å². The van der Waals surface area contributed by atoms with E-state index in [4.69, 9.17) is 14.7 Å². The van der Waals surface area contributed by atoms with E-state index >= 15 is 0 Å². The number of fused-ring (bicyclic) bond motifs is 1. The molecule has 4 nitrogen and oxygen atoms in total. The van der Waals surface area contributed by atoms with Crippen LogP contribution in [-0.2, 0) is 6.42 Å². The summed E-state index contributed by atoms with van der Waals surface area (Å²) in [6.07, 6.45) is 2.91. The Kier molecular flexibility index (Phi) is 4.56. The fourth-order valence-electron chi connectivity index (χ4n) is 2.93. The maximum absolute atomic E-state index is 5.85. The number of aromatic amines is 1. The van der Waals surface area contributed by atoms with Crippen LogP contribution >= 0.6 is 0 Å². The van der Waals surface area contributed by atoms with E-state index in [9.17, 15) is 0 Å². The second kappa shape index (κ2) is 6.63. The molecule has 0 aliphatic rings. The van der Waals surface area contributed by atoms with Crippen LogP contribution in [0.5, 0.6) is 5.88 Å². The molecule has 3 aromatic rings. The molecule has 0 radical (unpaired) electrons. The van der Waals surface area contributed by atoms with Gasteiger partial charge in [0, 0.05) is 11.9 Å². The minimum atomic E-state index is 0.367. The summed E-state index contributed by atoms with van der Waals surface area (Å²) in [7, 11) is 0. The number of aryl methyl sites for hydroxylation is 2. The first-order valence-electron chi connectivity index (χ1n) is 8.66. The molecular formula is C20H25N3O. The van der Waals surface area contributed by atoms with E-state index in [1.807, 2.05) is 13.1 Å². The number of H-pyrrole nitrogens is 1. The number of rotatable bonds is 5. The number of hydrogen-bond acceptors (Lipinski definition) is 3. The highest BCUT2D eigenvalue weighted by Crippen LogP contribution is 2.33. The first kappa shape index (κ1) is 16.5. The molecule has 3 rings (SSSR count). The van der Waals surface area contributed by atoms with Crippen molar-refractivity contribution in [3.63, 3.8) is 0 Å². The molecule has 0 saturated heterocycles. The number of hydrogen-bond donors (Lipinski definition) is 1. The summed E-state index contributed by atoms with van der Waals surface area (Å²) in [5.41, 5.74) is 7.43. The first-order valence-corrected chi connectivity index (χ1v) is 8.66. The number of nitrogens with zero attached hydrogens (tertiary/aromatic N) is 2. The molecule has 4 heteroatoms. The normalized spacial score (nSPS) is 11.4. The third-order valence-electron chi connectivity index (χ3n) is 4.31. The highest BCUT2D eigenvalue weighted by molar-refractivity contribution is 5.84. The van der Waals surface area contributed by atoms with Crippen molar-refractivity contribution in [3.8, 4) is 17.1 Å². The largest absolute Gasteiger partial charge is 0.477 e. The summed E-state index contributed by atoms with van der Waals surface area (Å²) < 4.78 is 5.85. The van der Waals surface area contributed by atoms with E-state index < -0.39 is 0 Å². The lowest BCUT2D eigenvalue weighted by Crippen LogP contribution is -2.03. The van der Waals surface area contributed by atoms with Gasteiger partial charge < -0.3 is 9.72 Å². The van der Waals surface area contributed by atoms with Crippen LogP contribution in [0, 0.1) is 6.92 Å². The lowest BCUT2D eigenvalue weighted by molar-refractivity contribution is 0.327. The molecule has 0 spiro atoms. The first-order chi connectivity index (χ1) is 11.5. The van der Waals surface area contributed by atoms with Gasteiger partial charge in [0.05, 0.1) is 28.9 Å². The van der Waals surface area contributed by atoms with Crippen LogP contribution in [0.2, 0.25) is 0 Å². The Hall–Kier alpha value is -2.36. The lowest BCUT2D eigenvalue weighted by atomic mass is 10.0. The highest BCUT2D eigenvalue weighted by Gasteiger charge is 2.17. The van der Waals surface area contributed by atoms with Crippen LogP contribution in [0.4, 0.5) is 0 Å². The van der Waals surface area contributed by atoms with E-state index in [1.165, 1.54) is 5.56 Å². The third kappa shape index (κ3) is 2.88. The summed E-state index contributed by atoms with van der Waals surface area (Å²) >= 11 is 0. The van der Waals surface area contributed by atoms with Crippen LogP contribution in [0.15, 0.2) is 24.4 Å². The third-order valence-corrected chi connectivity index (χ3v) is 4.31. The van der Waals surface area contributed by atoms with Gasteiger partial charge in [-0.05, 0) is 55.5 Å². The zero-order chi connectivity index (χ0) is 17.3. The van der Waals surface area contributed by atoms with Gasteiger partial charge in [-0.25, -0.2) is 9.97 Å². The van der Waals surface area contributed by atoms with Gasteiger partial charge in [-0.2, -0.15) is 0 Å². The van der Waals surface area contributed by atoms with E-state index in [0.717, 1.165) is 40.0 Å². The van der Waals surface area contributed by atoms with Gasteiger partial charge in [-0.1, -0.05) is 20.8 Å². The zero-order valence-corrected chi connectivity index (χ0v) is 15.1. The number of aromatic nitrogens is 3. The van der Waals surface area contributed by atoms with Gasteiger partial charge in [0.25, 0.3) is 0 Å². The number of pyridine rings is 2. The highest BCUT2D eigenvalue weighted by atomic mass is 16.5. The van der Waals surface area contributed by atoms with Crippen molar-refractivity contribution in [2.45, 2.75) is 47.0 Å². The van der Waals surface area contributed by atoms with Crippen molar-refractivity contribution in [1.82, 2.24) is 15.0 Å². The Morgan fingerprint density at radius 1 is 1.17 bits per heavy atom. The van der Waals surface area contributed by atoms with Crippen molar-refractivity contribution in [2.24, 2.45) is 0 Å². The van der Waals surface area contributed by atoms with Crippen LogP contribution in [0.25, 0.3) is 22.3 Å². The second-order valence-corrected chi connectivity index (χ2v) is 6.39. The fourth-order valence-corrected chi connectivity index (χ4v) is 2.93. The topological polar surface area (TPSA) is 50.8 Å². The molecular weight excluding hydrogens is 298 g/mol. The minimum Gasteiger partial charge on any atom is -0.477 e. The molecule has 0 bridgehead atoms. The molecule has 0 fully saturated rings. The molecule has 0 atom stereocenters. The molecule has 3 aromatic heterocycles. The minimum absolute atomic E-state index is 0.367. The number of nitrogens with one attached hydrogen (secondary N) is 1. The van der Waals surface area contributed by atoms with E-state index in [0.29, 0.717) is 18.4 Å². The van der Waals surface area contributed by atoms with Crippen LogP contribution in [0.1, 0.15) is 50.4 Å². The molecule has 0 unspecified atom stereocenters. The maximum Gasteiger partial charge on any atom is 0.223 e. The predicted octanol–water partition coefficient (Wildman–Crippen LogP) is 5.02. The van der Waals surface area contributed by atoms with Gasteiger partial charge in [0.15, 0.2) is 0 Å². The monoisotopic (exact) mass is 323 g/mol. The molecule has 0 saturated carbocycles. The Labute approximate surface area is 143 Å². The second-order valence-electron chi connectivity index (χ2n) is 6.39. The standard InChI is InChI=1S/C20H25N3O/c1-6-14-10-17-18(13(5)11-21-17)23-19(14)15-8-9-16(12(3)4)22-20(15)24-7-2/h8-12,21H,6-7H2,1-5H3. The van der Waals surface area contributed by atoms with E-state index in [-0.39, 0.29) is 0 Å². The molecule has 1 N–H and O–H groups in total. The van der Waals surface area contributed by atoms with Crippen LogP contribution < -0.4 is 4.74 Å². The van der Waals surface area contributed by atoms with Gasteiger partial charge in [-0.15, -0.1) is 0 Å². The average Bonchev–Trinajstić information content (AvgIpc) is 2.94. The van der Waals surface area contributed by atoms with Crippen LogP contribution in [0.3, 0.4) is 0 Å². The van der Waals surface area contributed by atoms with Gasteiger partial charge in [0.1, 0.15) is 0 Å². The van der Waals surface area contributed by atoms with Crippen molar-refractivity contribution < 1.29 is 4.74 Å². The van der Waals surface area contributed by atoms with E-state index in [1.54, 1.807) is 0 Å². The van der Waals surface area contributed by atoms with Crippen molar-refractivity contribution in [2.75, 3.05) is 6.61 Å². The lowest BCUT2D eigenvalue weighted by Gasteiger charge is -2.14. The van der Waals surface area contributed by atoms with Gasteiger partial charge in [0.2, 0.25) is 5.88 Å². The van der Waals surface area contributed by atoms with Crippen molar-refractivity contribution in [3.05, 3.63) is 41.2 Å². The number of ether oxygens (including phenoxy) is 1. The molecule has 126 valence electrons. The smallest absolute Gasteiger partial charge is 0.223 e. The predicted molar refractivity (Wildman–Crippen MR) is 98.7 cm³/mol. The Bertz CT molecular complexity index is 865. The molecule has 3 heterocycles. The van der Waals surface area contributed by atoms with Crippen molar-refractivity contribution in [1.29, 1.82) is 0 Å². The summed E-state index contributed by atoms with van der Waals surface area (Å²) in [5, 5.41) is 0. The zero-order valence-electron chi connectivity index (χ0n) is 15.1. The Balaban J connectivity index is 2.23. The van der Waals surface area contributed by atoms with Gasteiger partial charge >= 0.3 is 0 Å². The Morgan fingerprint density at radius 2 is 1.96 bits per heavy atom. The molecule has 0 aromatic carbocycles. The van der Waals surface area contributed by atoms with Crippen LogP contribution in [-0.4, -0.2) is 21.6 Å². The quantitative estimate of drug-likeness (QED) is 0.717. The molecule has 24 heavy (non-hydrogen) atoms. The summed E-state index contributed by atoms with van der Waals surface area (Å²) in [5.74, 6) is 1.05. The van der Waals surface area contributed by atoms with Gasteiger partial charge in [-0.3, -0.25) is 0 Å².